The van der Waals surface area contributed by atoms with Gasteiger partial charge in [0.25, 0.3) is 0 Å². The van der Waals surface area contributed by atoms with Crippen molar-refractivity contribution in [2.24, 2.45) is 0 Å². The number of rotatable bonds is 0. The molecule has 0 atom stereocenters. The zero-order chi connectivity index (χ0) is 5.98. The molecule has 0 fully saturated rings. The summed E-state index contributed by atoms with van der Waals surface area (Å²) in [6.45, 7) is 1.91. The fourth-order valence-electron chi connectivity index (χ4n) is 0.387. The summed E-state index contributed by atoms with van der Waals surface area (Å²) in [6, 6.07) is 3.81. The maximum atomic E-state index is 3.80. The van der Waals surface area contributed by atoms with Crippen molar-refractivity contribution in [3.63, 3.8) is 0 Å². The first-order valence-electron chi connectivity index (χ1n) is 2.26. The first kappa shape index (κ1) is 5.73. The SMILES string of the molecule is Cc1ccc([Se])nn1. The van der Waals surface area contributed by atoms with Crippen LogP contribution in [0.3, 0.4) is 0 Å². The molecule has 2 nitrogen and oxygen atoms in total. The van der Waals surface area contributed by atoms with E-state index in [0.29, 0.717) is 0 Å². The number of hydrogen-bond acceptors (Lipinski definition) is 2. The second-order valence-electron chi connectivity index (χ2n) is 1.51. The Balaban J connectivity index is 3.03. The standard InChI is InChI=1S/C5H5N2Se/c1-4-2-3-5(8)7-6-4/h2-3H,1H3. The van der Waals surface area contributed by atoms with Gasteiger partial charge in [-0.05, 0) is 0 Å². The van der Waals surface area contributed by atoms with E-state index in [2.05, 4.69) is 26.2 Å². The maximum absolute atomic E-state index is 3.80. The molecule has 0 saturated heterocycles. The summed E-state index contributed by atoms with van der Waals surface area (Å²) in [7, 11) is 0. The minimum absolute atomic E-state index is 0.843. The predicted molar refractivity (Wildman–Crippen MR) is 32.2 cm³/mol. The number of hydrogen-bond donors (Lipinski definition) is 0. The van der Waals surface area contributed by atoms with Gasteiger partial charge in [-0.15, -0.1) is 0 Å². The molecule has 1 aromatic heterocycles. The molecule has 0 bridgehead atoms. The van der Waals surface area contributed by atoms with Gasteiger partial charge in [0, 0.05) is 0 Å². The van der Waals surface area contributed by atoms with Crippen LogP contribution >= 0.6 is 0 Å². The van der Waals surface area contributed by atoms with E-state index in [0.717, 1.165) is 10.3 Å². The van der Waals surface area contributed by atoms with Gasteiger partial charge in [0.15, 0.2) is 0 Å². The third-order valence-electron chi connectivity index (χ3n) is 0.773. The van der Waals surface area contributed by atoms with E-state index < -0.39 is 0 Å². The van der Waals surface area contributed by atoms with Gasteiger partial charge in [0.2, 0.25) is 0 Å². The quantitative estimate of drug-likeness (QED) is 0.496. The minimum atomic E-state index is 0.843. The predicted octanol–water partition coefficient (Wildman–Crippen LogP) is -0.421. The Morgan fingerprint density at radius 2 is 2.12 bits per heavy atom. The summed E-state index contributed by atoms with van der Waals surface area (Å²) < 4.78 is 0.843. The van der Waals surface area contributed by atoms with Gasteiger partial charge < -0.3 is 0 Å². The Labute approximate surface area is 56.1 Å². The van der Waals surface area contributed by atoms with Crippen molar-refractivity contribution in [3.05, 3.63) is 17.8 Å². The average Bonchev–Trinajstić information content (AvgIpc) is 1.77. The van der Waals surface area contributed by atoms with Crippen molar-refractivity contribution in [3.8, 4) is 0 Å². The molecule has 1 heterocycles. The number of aryl methyl sites for hydroxylation is 1. The molecular formula is C5H5N2Se. The van der Waals surface area contributed by atoms with E-state index in [1.165, 1.54) is 0 Å². The van der Waals surface area contributed by atoms with Crippen LogP contribution in [0.2, 0.25) is 0 Å². The molecule has 0 aliphatic heterocycles. The van der Waals surface area contributed by atoms with Crippen molar-refractivity contribution in [2.75, 3.05) is 0 Å². The molecule has 1 aromatic rings. The average molecular weight is 172 g/mol. The van der Waals surface area contributed by atoms with E-state index in [9.17, 15) is 0 Å². The van der Waals surface area contributed by atoms with Crippen molar-refractivity contribution in [1.29, 1.82) is 0 Å². The Morgan fingerprint density at radius 3 is 2.50 bits per heavy atom. The normalized spacial score (nSPS) is 9.12. The first-order valence-corrected chi connectivity index (χ1v) is 3.12. The second-order valence-corrected chi connectivity index (χ2v) is 2.39. The van der Waals surface area contributed by atoms with Crippen molar-refractivity contribution < 1.29 is 0 Å². The summed E-state index contributed by atoms with van der Waals surface area (Å²) in [5, 5.41) is 7.57. The topological polar surface area (TPSA) is 25.8 Å². The summed E-state index contributed by atoms with van der Waals surface area (Å²) >= 11 is 2.76. The summed E-state index contributed by atoms with van der Waals surface area (Å²) in [5.41, 5.74) is 0.948. The van der Waals surface area contributed by atoms with Crippen LogP contribution in [0.4, 0.5) is 0 Å². The fraction of sp³-hybridized carbons (Fsp3) is 0.200. The van der Waals surface area contributed by atoms with Crippen LogP contribution in [0.1, 0.15) is 5.69 Å². The monoisotopic (exact) mass is 173 g/mol. The first-order chi connectivity index (χ1) is 3.79. The molecule has 0 N–H and O–H groups in total. The van der Waals surface area contributed by atoms with Crippen LogP contribution < -0.4 is 4.59 Å². The van der Waals surface area contributed by atoms with Gasteiger partial charge in [-0.25, -0.2) is 0 Å². The number of nitrogens with zero attached hydrogens (tertiary/aromatic N) is 2. The Hall–Kier alpha value is -0.401. The van der Waals surface area contributed by atoms with Crippen molar-refractivity contribution in [1.82, 2.24) is 10.2 Å². The van der Waals surface area contributed by atoms with Crippen LogP contribution in [0.5, 0.6) is 0 Å². The second kappa shape index (κ2) is 2.25. The molecule has 0 saturated carbocycles. The summed E-state index contributed by atoms with van der Waals surface area (Å²) in [5.74, 6) is 0. The van der Waals surface area contributed by atoms with E-state index in [-0.39, 0.29) is 0 Å². The van der Waals surface area contributed by atoms with E-state index in [1.54, 1.807) is 0 Å². The molecule has 0 aromatic carbocycles. The van der Waals surface area contributed by atoms with E-state index >= 15 is 0 Å². The molecular weight excluding hydrogens is 167 g/mol. The zero-order valence-corrected chi connectivity index (χ0v) is 6.17. The van der Waals surface area contributed by atoms with E-state index in [4.69, 9.17) is 0 Å². The zero-order valence-electron chi connectivity index (χ0n) is 4.46. The Bertz CT molecular complexity index is 149. The molecule has 0 spiro atoms. The summed E-state index contributed by atoms with van der Waals surface area (Å²) in [6.07, 6.45) is 0. The molecule has 8 heavy (non-hydrogen) atoms. The van der Waals surface area contributed by atoms with Crippen LogP contribution in [-0.2, 0) is 0 Å². The third-order valence-corrected chi connectivity index (χ3v) is 1.23. The fourth-order valence-corrected chi connectivity index (χ4v) is 0.615. The van der Waals surface area contributed by atoms with Gasteiger partial charge in [-0.2, -0.15) is 0 Å². The molecule has 3 heteroatoms. The molecule has 41 valence electrons. The summed E-state index contributed by atoms with van der Waals surface area (Å²) in [4.78, 5) is 0. The molecule has 0 amide bonds. The van der Waals surface area contributed by atoms with Crippen LogP contribution in [0.15, 0.2) is 12.1 Å². The molecule has 0 unspecified atom stereocenters. The van der Waals surface area contributed by atoms with Crippen LogP contribution in [0.25, 0.3) is 0 Å². The Kier molecular flexibility index (Phi) is 1.61. The van der Waals surface area contributed by atoms with Gasteiger partial charge in [0.1, 0.15) is 0 Å². The Morgan fingerprint density at radius 1 is 1.38 bits per heavy atom. The van der Waals surface area contributed by atoms with Crippen LogP contribution in [0, 0.1) is 6.92 Å². The van der Waals surface area contributed by atoms with Crippen molar-refractivity contribution >= 4 is 20.6 Å². The number of aromatic nitrogens is 2. The molecule has 1 rings (SSSR count). The van der Waals surface area contributed by atoms with E-state index in [1.807, 2.05) is 19.1 Å². The van der Waals surface area contributed by atoms with Gasteiger partial charge in [0.05, 0.1) is 0 Å². The van der Waals surface area contributed by atoms with Gasteiger partial charge in [-0.1, -0.05) is 0 Å². The van der Waals surface area contributed by atoms with Gasteiger partial charge >= 0.3 is 55.6 Å². The molecule has 1 radical (unpaired) electrons. The third kappa shape index (κ3) is 1.29. The van der Waals surface area contributed by atoms with Gasteiger partial charge in [-0.3, -0.25) is 0 Å². The molecule has 0 aliphatic rings. The molecule has 0 aliphatic carbocycles. The van der Waals surface area contributed by atoms with Crippen molar-refractivity contribution in [2.45, 2.75) is 6.92 Å². The van der Waals surface area contributed by atoms with Crippen LogP contribution in [-0.4, -0.2) is 26.2 Å².